The number of ether oxygens (including phenoxy) is 1. The number of thioether (sulfide) groups is 1. The lowest BCUT2D eigenvalue weighted by Gasteiger charge is -2.06. The lowest BCUT2D eigenvalue weighted by Crippen LogP contribution is -2.01. The molecule has 0 aliphatic carbocycles. The van der Waals surface area contributed by atoms with E-state index in [9.17, 15) is 9.50 Å². The highest BCUT2D eigenvalue weighted by Crippen LogP contribution is 2.22. The van der Waals surface area contributed by atoms with E-state index in [4.69, 9.17) is 4.74 Å². The summed E-state index contributed by atoms with van der Waals surface area (Å²) >= 11 is 1.55. The highest BCUT2D eigenvalue weighted by Gasteiger charge is 2.01. The first-order valence-corrected chi connectivity index (χ1v) is 6.53. The zero-order valence-corrected chi connectivity index (χ0v) is 10.5. The summed E-state index contributed by atoms with van der Waals surface area (Å²) in [4.78, 5) is 0.965. The zero-order chi connectivity index (χ0) is 12.8. The van der Waals surface area contributed by atoms with Gasteiger partial charge in [-0.1, -0.05) is 18.2 Å². The van der Waals surface area contributed by atoms with Gasteiger partial charge in [0.25, 0.3) is 0 Å². The minimum atomic E-state index is -0.347. The minimum absolute atomic E-state index is 0.245. The van der Waals surface area contributed by atoms with Crippen molar-refractivity contribution in [3.05, 3.63) is 54.3 Å². The SMILES string of the molecule is Oc1cccc(SCCOc2ccccc2F)c1. The Hall–Kier alpha value is -1.68. The third kappa shape index (κ3) is 3.67. The van der Waals surface area contributed by atoms with E-state index in [1.165, 1.54) is 6.07 Å². The van der Waals surface area contributed by atoms with Crippen molar-refractivity contribution >= 4 is 11.8 Å². The van der Waals surface area contributed by atoms with Gasteiger partial charge in [0.1, 0.15) is 5.75 Å². The van der Waals surface area contributed by atoms with Crippen molar-refractivity contribution in [3.63, 3.8) is 0 Å². The molecule has 4 heteroatoms. The van der Waals surface area contributed by atoms with Crippen molar-refractivity contribution in [2.75, 3.05) is 12.4 Å². The second-order valence-corrected chi connectivity index (χ2v) is 4.79. The van der Waals surface area contributed by atoms with Crippen LogP contribution < -0.4 is 4.74 Å². The summed E-state index contributed by atoms with van der Waals surface area (Å²) in [5, 5.41) is 9.29. The Bertz CT molecular complexity index is 517. The summed E-state index contributed by atoms with van der Waals surface area (Å²) in [6, 6.07) is 13.4. The van der Waals surface area contributed by atoms with Crippen LogP contribution in [0, 0.1) is 5.82 Å². The predicted octanol–water partition coefficient (Wildman–Crippen LogP) is 3.70. The summed E-state index contributed by atoms with van der Waals surface area (Å²) < 4.78 is 18.6. The maximum atomic E-state index is 13.2. The van der Waals surface area contributed by atoms with E-state index < -0.39 is 0 Å². The van der Waals surface area contributed by atoms with Crippen LogP contribution in [0.1, 0.15) is 0 Å². The molecule has 2 rings (SSSR count). The van der Waals surface area contributed by atoms with Crippen molar-refractivity contribution in [2.45, 2.75) is 4.90 Å². The van der Waals surface area contributed by atoms with Crippen LogP contribution in [0.2, 0.25) is 0 Å². The van der Waals surface area contributed by atoms with E-state index in [1.807, 2.05) is 6.07 Å². The quantitative estimate of drug-likeness (QED) is 0.659. The first-order valence-electron chi connectivity index (χ1n) is 5.55. The van der Waals surface area contributed by atoms with Gasteiger partial charge in [0, 0.05) is 10.6 Å². The Morgan fingerprint density at radius 2 is 1.94 bits per heavy atom. The molecule has 0 unspecified atom stereocenters. The van der Waals surface area contributed by atoms with Crippen LogP contribution in [-0.4, -0.2) is 17.5 Å². The molecule has 2 aromatic rings. The van der Waals surface area contributed by atoms with Gasteiger partial charge < -0.3 is 9.84 Å². The molecule has 94 valence electrons. The van der Waals surface area contributed by atoms with Crippen molar-refractivity contribution in [1.29, 1.82) is 0 Å². The van der Waals surface area contributed by atoms with E-state index in [0.717, 1.165) is 4.90 Å². The first-order chi connectivity index (χ1) is 8.75. The molecule has 0 spiro atoms. The molecule has 0 heterocycles. The molecule has 0 fully saturated rings. The Labute approximate surface area is 109 Å². The number of hydrogen-bond donors (Lipinski definition) is 1. The van der Waals surface area contributed by atoms with Crippen LogP contribution in [0.5, 0.6) is 11.5 Å². The Morgan fingerprint density at radius 3 is 2.72 bits per heavy atom. The molecular formula is C14H13FO2S. The average Bonchev–Trinajstić information content (AvgIpc) is 2.37. The van der Waals surface area contributed by atoms with Gasteiger partial charge in [0.05, 0.1) is 6.61 Å². The van der Waals surface area contributed by atoms with E-state index in [-0.39, 0.29) is 17.3 Å². The molecule has 0 amide bonds. The third-order valence-corrected chi connectivity index (χ3v) is 3.22. The molecule has 0 radical (unpaired) electrons. The van der Waals surface area contributed by atoms with Crippen LogP contribution in [0.3, 0.4) is 0 Å². The second-order valence-electron chi connectivity index (χ2n) is 3.62. The monoisotopic (exact) mass is 264 g/mol. The molecule has 0 saturated heterocycles. The maximum Gasteiger partial charge on any atom is 0.165 e. The van der Waals surface area contributed by atoms with Crippen LogP contribution in [-0.2, 0) is 0 Å². The Kier molecular flexibility index (Phi) is 4.47. The standard InChI is InChI=1S/C14H13FO2S/c15-13-6-1-2-7-14(13)17-8-9-18-12-5-3-4-11(16)10-12/h1-7,10,16H,8-9H2. The fraction of sp³-hybridized carbons (Fsp3) is 0.143. The van der Waals surface area contributed by atoms with Crippen molar-refractivity contribution in [3.8, 4) is 11.5 Å². The minimum Gasteiger partial charge on any atom is -0.508 e. The predicted molar refractivity (Wildman–Crippen MR) is 70.7 cm³/mol. The van der Waals surface area contributed by atoms with Crippen LogP contribution in [0.15, 0.2) is 53.4 Å². The molecule has 1 N–H and O–H groups in total. The van der Waals surface area contributed by atoms with Crippen LogP contribution >= 0.6 is 11.8 Å². The zero-order valence-electron chi connectivity index (χ0n) is 9.67. The molecule has 2 nitrogen and oxygen atoms in total. The third-order valence-electron chi connectivity index (χ3n) is 2.26. The normalized spacial score (nSPS) is 10.3. The van der Waals surface area contributed by atoms with E-state index >= 15 is 0 Å². The van der Waals surface area contributed by atoms with Crippen LogP contribution in [0.25, 0.3) is 0 Å². The van der Waals surface area contributed by atoms with E-state index in [0.29, 0.717) is 12.4 Å². The number of phenols is 1. The number of phenolic OH excluding ortho intramolecular Hbond substituents is 1. The van der Waals surface area contributed by atoms with Crippen LogP contribution in [0.4, 0.5) is 4.39 Å². The molecule has 0 aliphatic heterocycles. The summed E-state index contributed by atoms with van der Waals surface area (Å²) in [6.45, 7) is 0.418. The first kappa shape index (κ1) is 12.8. The van der Waals surface area contributed by atoms with E-state index in [1.54, 1.807) is 48.2 Å². The number of para-hydroxylation sites is 1. The van der Waals surface area contributed by atoms with Crippen molar-refractivity contribution < 1.29 is 14.2 Å². The smallest absolute Gasteiger partial charge is 0.165 e. The van der Waals surface area contributed by atoms with Gasteiger partial charge in [-0.05, 0) is 30.3 Å². The number of benzene rings is 2. The topological polar surface area (TPSA) is 29.5 Å². The molecule has 0 bridgehead atoms. The average molecular weight is 264 g/mol. The highest BCUT2D eigenvalue weighted by atomic mass is 32.2. The van der Waals surface area contributed by atoms with Gasteiger partial charge in [-0.15, -0.1) is 11.8 Å². The van der Waals surface area contributed by atoms with Gasteiger partial charge in [0.15, 0.2) is 11.6 Å². The fourth-order valence-electron chi connectivity index (χ4n) is 1.45. The number of halogens is 1. The lowest BCUT2D eigenvalue weighted by molar-refractivity contribution is 0.325. The van der Waals surface area contributed by atoms with Gasteiger partial charge in [0.2, 0.25) is 0 Å². The van der Waals surface area contributed by atoms with Gasteiger partial charge in [-0.25, -0.2) is 4.39 Å². The fourth-order valence-corrected chi connectivity index (χ4v) is 2.23. The molecule has 18 heavy (non-hydrogen) atoms. The summed E-state index contributed by atoms with van der Waals surface area (Å²) in [6.07, 6.45) is 0. The molecule has 0 aliphatic rings. The Balaban J connectivity index is 1.78. The summed E-state index contributed by atoms with van der Waals surface area (Å²) in [5.41, 5.74) is 0. The number of aromatic hydroxyl groups is 1. The van der Waals surface area contributed by atoms with Gasteiger partial charge in [-0.3, -0.25) is 0 Å². The molecule has 2 aromatic carbocycles. The lowest BCUT2D eigenvalue weighted by atomic mass is 10.3. The van der Waals surface area contributed by atoms with Crippen molar-refractivity contribution in [2.24, 2.45) is 0 Å². The van der Waals surface area contributed by atoms with E-state index in [2.05, 4.69) is 0 Å². The Morgan fingerprint density at radius 1 is 1.11 bits per heavy atom. The number of rotatable bonds is 5. The maximum absolute atomic E-state index is 13.2. The molecule has 0 atom stereocenters. The molecular weight excluding hydrogens is 251 g/mol. The van der Waals surface area contributed by atoms with Gasteiger partial charge in [-0.2, -0.15) is 0 Å². The van der Waals surface area contributed by atoms with Gasteiger partial charge >= 0.3 is 0 Å². The summed E-state index contributed by atoms with van der Waals surface area (Å²) in [7, 11) is 0. The summed E-state index contributed by atoms with van der Waals surface area (Å²) in [5.74, 6) is 0.863. The highest BCUT2D eigenvalue weighted by molar-refractivity contribution is 7.99. The number of hydrogen-bond acceptors (Lipinski definition) is 3. The van der Waals surface area contributed by atoms with Crippen molar-refractivity contribution in [1.82, 2.24) is 0 Å². The molecule has 0 saturated carbocycles. The second kappa shape index (κ2) is 6.31. The molecule has 0 aromatic heterocycles. The largest absolute Gasteiger partial charge is 0.508 e.